The number of carbonyl (C=O) groups is 2. The van der Waals surface area contributed by atoms with E-state index >= 15 is 0 Å². The number of hydrogen-bond donors (Lipinski definition) is 1. The summed E-state index contributed by atoms with van der Waals surface area (Å²) in [5.74, 6) is -0.332. The molecule has 0 radical (unpaired) electrons. The Bertz CT molecular complexity index is 547. The van der Waals surface area contributed by atoms with Crippen LogP contribution in [0, 0.1) is 0 Å². The number of fused-ring (bicyclic) bond motifs is 1. The molecule has 1 aliphatic heterocycles. The molecule has 0 aromatic heterocycles. The van der Waals surface area contributed by atoms with Gasteiger partial charge in [0.2, 0.25) is 5.91 Å². The molecule has 1 aromatic carbocycles. The topological polar surface area (TPSA) is 49.4 Å². The number of hydrogen-bond acceptors (Lipinski definition) is 3. The zero-order valence-electron chi connectivity index (χ0n) is 12.8. The van der Waals surface area contributed by atoms with E-state index in [1.807, 2.05) is 31.2 Å². The lowest BCUT2D eigenvalue weighted by atomic mass is 10.1. The van der Waals surface area contributed by atoms with Gasteiger partial charge in [0.1, 0.15) is 0 Å². The number of thioether (sulfide) groups is 1. The second kappa shape index (κ2) is 6.52. The standard InChI is InChI=1S/C16H22N2O2S/c1-4-6-11-17-14(19)16(3)15(20)18(5-2)12-9-7-8-10-13(12)21-16/h7-10H,4-6,11H2,1-3H3,(H,17,19). The number of rotatable bonds is 5. The third-order valence-corrected chi connectivity index (χ3v) is 5.02. The zero-order chi connectivity index (χ0) is 15.5. The summed E-state index contributed by atoms with van der Waals surface area (Å²) in [5, 5.41) is 2.89. The van der Waals surface area contributed by atoms with Gasteiger partial charge < -0.3 is 10.2 Å². The van der Waals surface area contributed by atoms with Crippen molar-refractivity contribution in [1.82, 2.24) is 5.32 Å². The quantitative estimate of drug-likeness (QED) is 0.672. The molecule has 2 rings (SSSR count). The molecule has 0 saturated carbocycles. The van der Waals surface area contributed by atoms with Crippen LogP contribution in [0.5, 0.6) is 0 Å². The lowest BCUT2D eigenvalue weighted by Crippen LogP contribution is -2.56. The van der Waals surface area contributed by atoms with E-state index in [2.05, 4.69) is 12.2 Å². The molecular weight excluding hydrogens is 284 g/mol. The van der Waals surface area contributed by atoms with E-state index in [4.69, 9.17) is 0 Å². The molecule has 2 amide bonds. The molecule has 1 unspecified atom stereocenters. The van der Waals surface area contributed by atoms with Gasteiger partial charge in [-0.15, -0.1) is 0 Å². The summed E-state index contributed by atoms with van der Waals surface area (Å²) in [6, 6.07) is 7.75. The maximum absolute atomic E-state index is 12.8. The molecule has 1 heterocycles. The van der Waals surface area contributed by atoms with Crippen LogP contribution in [0.4, 0.5) is 5.69 Å². The van der Waals surface area contributed by atoms with Crippen LogP contribution in [0.1, 0.15) is 33.6 Å². The van der Waals surface area contributed by atoms with Crippen LogP contribution >= 0.6 is 11.8 Å². The van der Waals surface area contributed by atoms with E-state index in [0.717, 1.165) is 23.4 Å². The van der Waals surface area contributed by atoms with Crippen molar-refractivity contribution in [1.29, 1.82) is 0 Å². The number of amides is 2. The van der Waals surface area contributed by atoms with Crippen LogP contribution in [0.2, 0.25) is 0 Å². The van der Waals surface area contributed by atoms with Gasteiger partial charge in [0.15, 0.2) is 4.75 Å². The minimum absolute atomic E-state index is 0.136. The molecule has 0 spiro atoms. The van der Waals surface area contributed by atoms with Gasteiger partial charge >= 0.3 is 0 Å². The van der Waals surface area contributed by atoms with E-state index in [9.17, 15) is 9.59 Å². The molecule has 0 fully saturated rings. The Kier molecular flexibility index (Phi) is 4.93. The van der Waals surface area contributed by atoms with Crippen molar-refractivity contribution in [2.75, 3.05) is 18.0 Å². The SMILES string of the molecule is CCCCNC(=O)C1(C)Sc2ccccc2N(CC)C1=O. The molecule has 114 valence electrons. The average Bonchev–Trinajstić information content (AvgIpc) is 2.48. The fraction of sp³-hybridized carbons (Fsp3) is 0.500. The predicted octanol–water partition coefficient (Wildman–Crippen LogP) is 2.82. The Balaban J connectivity index is 2.29. The van der Waals surface area contributed by atoms with Crippen LogP contribution in [-0.4, -0.2) is 29.7 Å². The van der Waals surface area contributed by atoms with Crippen molar-refractivity contribution in [3.8, 4) is 0 Å². The van der Waals surface area contributed by atoms with Gasteiger partial charge in [-0.3, -0.25) is 9.59 Å². The van der Waals surface area contributed by atoms with Crippen molar-refractivity contribution in [3.05, 3.63) is 24.3 Å². The van der Waals surface area contributed by atoms with E-state index in [-0.39, 0.29) is 11.8 Å². The van der Waals surface area contributed by atoms with E-state index < -0.39 is 4.75 Å². The molecule has 0 saturated heterocycles. The predicted molar refractivity (Wildman–Crippen MR) is 86.6 cm³/mol. The number of benzene rings is 1. The second-order valence-corrected chi connectivity index (χ2v) is 6.72. The van der Waals surface area contributed by atoms with E-state index in [0.29, 0.717) is 13.1 Å². The van der Waals surface area contributed by atoms with Crippen LogP contribution < -0.4 is 10.2 Å². The molecule has 0 aliphatic carbocycles. The Labute approximate surface area is 130 Å². The first-order chi connectivity index (χ1) is 10.0. The first kappa shape index (κ1) is 15.9. The highest BCUT2D eigenvalue weighted by molar-refractivity contribution is 8.02. The number of para-hydroxylation sites is 1. The highest BCUT2D eigenvalue weighted by Crippen LogP contribution is 2.45. The third-order valence-electron chi connectivity index (χ3n) is 3.69. The largest absolute Gasteiger partial charge is 0.354 e. The second-order valence-electron chi connectivity index (χ2n) is 5.26. The minimum Gasteiger partial charge on any atom is -0.354 e. The number of carbonyl (C=O) groups excluding carboxylic acids is 2. The van der Waals surface area contributed by atoms with Gasteiger partial charge in [-0.1, -0.05) is 37.2 Å². The Morgan fingerprint density at radius 3 is 2.71 bits per heavy atom. The van der Waals surface area contributed by atoms with Gasteiger partial charge in [-0.2, -0.15) is 0 Å². The minimum atomic E-state index is -1.09. The summed E-state index contributed by atoms with van der Waals surface area (Å²) < 4.78 is -1.09. The number of anilines is 1. The highest BCUT2D eigenvalue weighted by atomic mass is 32.2. The molecule has 1 N–H and O–H groups in total. The van der Waals surface area contributed by atoms with Gasteiger partial charge in [0, 0.05) is 18.0 Å². The first-order valence-corrected chi connectivity index (χ1v) is 8.24. The van der Waals surface area contributed by atoms with Crippen molar-refractivity contribution in [2.45, 2.75) is 43.3 Å². The monoisotopic (exact) mass is 306 g/mol. The molecule has 1 aromatic rings. The van der Waals surface area contributed by atoms with Crippen molar-refractivity contribution in [2.24, 2.45) is 0 Å². The first-order valence-electron chi connectivity index (χ1n) is 7.43. The Morgan fingerprint density at radius 1 is 1.33 bits per heavy atom. The number of unbranched alkanes of at least 4 members (excludes halogenated alkanes) is 1. The van der Waals surface area contributed by atoms with Gasteiger partial charge in [0.25, 0.3) is 5.91 Å². The van der Waals surface area contributed by atoms with Gasteiger partial charge in [-0.05, 0) is 32.4 Å². The van der Waals surface area contributed by atoms with Crippen molar-refractivity contribution < 1.29 is 9.59 Å². The molecule has 0 bridgehead atoms. The maximum Gasteiger partial charge on any atom is 0.252 e. The summed E-state index contributed by atoms with van der Waals surface area (Å²) in [6.07, 6.45) is 1.94. The Morgan fingerprint density at radius 2 is 2.05 bits per heavy atom. The lowest BCUT2D eigenvalue weighted by Gasteiger charge is -2.38. The van der Waals surface area contributed by atoms with Crippen LogP contribution in [-0.2, 0) is 9.59 Å². The molecule has 1 aliphatic rings. The Hall–Kier alpha value is -1.49. The van der Waals surface area contributed by atoms with Gasteiger partial charge in [-0.25, -0.2) is 0 Å². The molecule has 5 heteroatoms. The molecular formula is C16H22N2O2S. The third kappa shape index (κ3) is 2.93. The average molecular weight is 306 g/mol. The zero-order valence-corrected chi connectivity index (χ0v) is 13.6. The van der Waals surface area contributed by atoms with E-state index in [1.165, 1.54) is 11.8 Å². The molecule has 1 atom stereocenters. The fourth-order valence-electron chi connectivity index (χ4n) is 2.40. The fourth-order valence-corrected chi connectivity index (χ4v) is 3.63. The number of nitrogens with one attached hydrogen (secondary N) is 1. The normalized spacial score (nSPS) is 21.1. The highest BCUT2D eigenvalue weighted by Gasteiger charge is 2.48. The summed E-state index contributed by atoms with van der Waals surface area (Å²) in [4.78, 5) is 27.9. The molecule has 4 nitrogen and oxygen atoms in total. The van der Waals surface area contributed by atoms with Crippen molar-refractivity contribution in [3.63, 3.8) is 0 Å². The number of nitrogens with zero attached hydrogens (tertiary/aromatic N) is 1. The van der Waals surface area contributed by atoms with Crippen LogP contribution in [0.15, 0.2) is 29.2 Å². The van der Waals surface area contributed by atoms with E-state index in [1.54, 1.807) is 11.8 Å². The summed E-state index contributed by atoms with van der Waals surface area (Å²) in [6.45, 7) is 6.91. The summed E-state index contributed by atoms with van der Waals surface area (Å²) in [5.41, 5.74) is 0.897. The van der Waals surface area contributed by atoms with Gasteiger partial charge in [0.05, 0.1) is 5.69 Å². The lowest BCUT2D eigenvalue weighted by molar-refractivity contribution is -0.131. The maximum atomic E-state index is 12.8. The smallest absolute Gasteiger partial charge is 0.252 e. The summed E-state index contributed by atoms with van der Waals surface area (Å²) in [7, 11) is 0. The van der Waals surface area contributed by atoms with Crippen LogP contribution in [0.3, 0.4) is 0 Å². The van der Waals surface area contributed by atoms with Crippen molar-refractivity contribution >= 4 is 29.3 Å². The summed E-state index contributed by atoms with van der Waals surface area (Å²) >= 11 is 1.35. The van der Waals surface area contributed by atoms with Crippen LogP contribution in [0.25, 0.3) is 0 Å². The molecule has 21 heavy (non-hydrogen) atoms.